The zero-order valence-corrected chi connectivity index (χ0v) is 16.5. The number of amidine groups is 1. The minimum Gasteiger partial charge on any atom is -0.347 e. The second-order valence-corrected chi connectivity index (χ2v) is 8.00. The van der Waals surface area contributed by atoms with E-state index in [1.807, 2.05) is 18.2 Å². The van der Waals surface area contributed by atoms with Crippen LogP contribution in [0.1, 0.15) is 29.7 Å². The van der Waals surface area contributed by atoms with Crippen LogP contribution in [0.5, 0.6) is 0 Å². The molecule has 0 bridgehead atoms. The summed E-state index contributed by atoms with van der Waals surface area (Å²) < 4.78 is 0. The Morgan fingerprint density at radius 2 is 1.54 bits per heavy atom. The molecule has 1 saturated heterocycles. The van der Waals surface area contributed by atoms with E-state index in [1.54, 1.807) is 0 Å². The lowest BCUT2D eigenvalue weighted by Crippen LogP contribution is -2.65. The number of hydrogen-bond acceptors (Lipinski definition) is 2. The molecule has 0 radical (unpaired) electrons. The standard InChI is InChI=1S/C25H21ClN2/c1-25(20-10-6-3-7-11-20)23(19-12-14-21(26)15-13-19)28-17-16-22(27-24(25)28)18-8-4-2-5-9-18/h2-16,23H,17H2,1H3/t23-,25-/m1/s1. The van der Waals surface area contributed by atoms with E-state index in [4.69, 9.17) is 16.6 Å². The summed E-state index contributed by atoms with van der Waals surface area (Å²) in [5.41, 5.74) is 4.61. The molecule has 0 saturated carbocycles. The molecule has 0 aliphatic carbocycles. The first-order valence-corrected chi connectivity index (χ1v) is 9.98. The number of halogens is 1. The van der Waals surface area contributed by atoms with Crippen molar-refractivity contribution in [2.24, 2.45) is 4.99 Å². The van der Waals surface area contributed by atoms with Crippen LogP contribution in [-0.4, -0.2) is 17.3 Å². The molecule has 1 fully saturated rings. The topological polar surface area (TPSA) is 15.6 Å². The van der Waals surface area contributed by atoms with Crippen molar-refractivity contribution in [1.29, 1.82) is 0 Å². The molecule has 0 aromatic heterocycles. The fourth-order valence-corrected chi connectivity index (χ4v) is 4.65. The first-order chi connectivity index (χ1) is 13.7. The fourth-order valence-electron chi connectivity index (χ4n) is 4.53. The summed E-state index contributed by atoms with van der Waals surface area (Å²) in [5.74, 6) is 1.14. The summed E-state index contributed by atoms with van der Waals surface area (Å²) in [6.45, 7) is 3.17. The summed E-state index contributed by atoms with van der Waals surface area (Å²) in [5, 5.41) is 0.767. The third-order valence-electron chi connectivity index (χ3n) is 5.93. The number of fused-ring (bicyclic) bond motifs is 1. The number of nitrogens with zero attached hydrogens (tertiary/aromatic N) is 2. The minimum atomic E-state index is -0.177. The van der Waals surface area contributed by atoms with E-state index in [1.165, 1.54) is 16.7 Å². The highest BCUT2D eigenvalue weighted by molar-refractivity contribution is 6.30. The predicted molar refractivity (Wildman–Crippen MR) is 117 cm³/mol. The van der Waals surface area contributed by atoms with Crippen molar-refractivity contribution in [2.75, 3.05) is 6.54 Å². The molecule has 2 aliphatic rings. The lowest BCUT2D eigenvalue weighted by molar-refractivity contribution is 0.167. The minimum absolute atomic E-state index is 0.177. The van der Waals surface area contributed by atoms with E-state index in [2.05, 4.69) is 84.6 Å². The molecular weight excluding hydrogens is 364 g/mol. The molecule has 3 aromatic rings. The lowest BCUT2D eigenvalue weighted by atomic mass is 9.64. The van der Waals surface area contributed by atoms with Gasteiger partial charge in [-0.05, 0) is 41.8 Å². The Hall–Kier alpha value is -2.84. The summed E-state index contributed by atoms with van der Waals surface area (Å²) in [6.07, 6.45) is 2.23. The summed E-state index contributed by atoms with van der Waals surface area (Å²) in [6, 6.07) is 29.6. The maximum atomic E-state index is 6.14. The van der Waals surface area contributed by atoms with E-state index in [0.29, 0.717) is 0 Å². The number of aliphatic imine (C=N–C) groups is 1. The Balaban J connectivity index is 1.61. The normalized spacial score (nSPS) is 23.4. The van der Waals surface area contributed by atoms with Crippen LogP contribution >= 0.6 is 11.6 Å². The smallest absolute Gasteiger partial charge is 0.119 e. The molecule has 0 amide bonds. The fraction of sp³-hybridized carbons (Fsp3) is 0.160. The summed E-state index contributed by atoms with van der Waals surface area (Å²) >= 11 is 6.14. The van der Waals surface area contributed by atoms with Crippen molar-refractivity contribution in [2.45, 2.75) is 18.4 Å². The maximum absolute atomic E-state index is 6.14. The van der Waals surface area contributed by atoms with Gasteiger partial charge in [-0.25, -0.2) is 4.99 Å². The van der Waals surface area contributed by atoms with Gasteiger partial charge in [0.25, 0.3) is 0 Å². The molecule has 28 heavy (non-hydrogen) atoms. The van der Waals surface area contributed by atoms with Gasteiger partial charge in [0.05, 0.1) is 17.2 Å². The van der Waals surface area contributed by atoms with Crippen molar-refractivity contribution in [3.8, 4) is 0 Å². The van der Waals surface area contributed by atoms with Gasteiger partial charge in [0, 0.05) is 11.6 Å². The third-order valence-corrected chi connectivity index (χ3v) is 6.18. The van der Waals surface area contributed by atoms with Crippen molar-refractivity contribution in [3.05, 3.63) is 113 Å². The first kappa shape index (κ1) is 17.3. The van der Waals surface area contributed by atoms with Gasteiger partial charge >= 0.3 is 0 Å². The van der Waals surface area contributed by atoms with Gasteiger partial charge in [-0.15, -0.1) is 0 Å². The van der Waals surface area contributed by atoms with Crippen LogP contribution in [0, 0.1) is 0 Å². The van der Waals surface area contributed by atoms with Gasteiger partial charge in [-0.2, -0.15) is 0 Å². The highest BCUT2D eigenvalue weighted by Gasteiger charge is 2.57. The molecule has 2 heterocycles. The van der Waals surface area contributed by atoms with Gasteiger partial charge in [0.1, 0.15) is 5.84 Å². The SMILES string of the molecule is C[C@]1(c2ccccc2)C2=NC(c3ccccc3)=CCN2[C@@H]1c1ccc(Cl)cc1. The molecule has 2 atom stereocenters. The van der Waals surface area contributed by atoms with Crippen LogP contribution in [-0.2, 0) is 5.41 Å². The third kappa shape index (κ3) is 2.60. The molecular formula is C25H21ClN2. The highest BCUT2D eigenvalue weighted by Crippen LogP contribution is 2.53. The van der Waals surface area contributed by atoms with Crippen molar-refractivity contribution in [3.63, 3.8) is 0 Å². The average Bonchev–Trinajstić information content (AvgIpc) is 2.76. The predicted octanol–water partition coefficient (Wildman–Crippen LogP) is 6.11. The van der Waals surface area contributed by atoms with Crippen LogP contribution in [0.15, 0.2) is 96.0 Å². The van der Waals surface area contributed by atoms with E-state index >= 15 is 0 Å². The molecule has 0 N–H and O–H groups in total. The first-order valence-electron chi connectivity index (χ1n) is 9.60. The van der Waals surface area contributed by atoms with Crippen LogP contribution in [0.4, 0.5) is 0 Å². The van der Waals surface area contributed by atoms with Crippen LogP contribution < -0.4 is 0 Å². The second-order valence-electron chi connectivity index (χ2n) is 7.57. The molecule has 138 valence electrons. The molecule has 3 aromatic carbocycles. The van der Waals surface area contributed by atoms with E-state index in [0.717, 1.165) is 23.1 Å². The number of rotatable bonds is 3. The van der Waals surface area contributed by atoms with Gasteiger partial charge in [-0.3, -0.25) is 0 Å². The largest absolute Gasteiger partial charge is 0.347 e. The van der Waals surface area contributed by atoms with Crippen LogP contribution in [0.2, 0.25) is 5.02 Å². The zero-order valence-electron chi connectivity index (χ0n) is 15.7. The second kappa shape index (κ2) is 6.65. The van der Waals surface area contributed by atoms with E-state index in [9.17, 15) is 0 Å². The van der Waals surface area contributed by atoms with E-state index < -0.39 is 0 Å². The van der Waals surface area contributed by atoms with E-state index in [-0.39, 0.29) is 11.5 Å². The van der Waals surface area contributed by atoms with Crippen LogP contribution in [0.3, 0.4) is 0 Å². The molecule has 0 unspecified atom stereocenters. The molecule has 5 rings (SSSR count). The molecule has 0 spiro atoms. The summed E-state index contributed by atoms with van der Waals surface area (Å²) in [7, 11) is 0. The van der Waals surface area contributed by atoms with Gasteiger partial charge in [-0.1, -0.05) is 84.4 Å². The number of benzene rings is 3. The van der Waals surface area contributed by atoms with Crippen molar-refractivity contribution >= 4 is 23.1 Å². The van der Waals surface area contributed by atoms with Gasteiger partial charge in [0.15, 0.2) is 0 Å². The summed E-state index contributed by atoms with van der Waals surface area (Å²) in [4.78, 5) is 7.53. The average molecular weight is 385 g/mol. The van der Waals surface area contributed by atoms with Crippen molar-refractivity contribution < 1.29 is 0 Å². The van der Waals surface area contributed by atoms with Crippen LogP contribution in [0.25, 0.3) is 5.70 Å². The number of hydrogen-bond donors (Lipinski definition) is 0. The Labute approximate surface area is 170 Å². The highest BCUT2D eigenvalue weighted by atomic mass is 35.5. The Kier molecular flexibility index (Phi) is 4.10. The maximum Gasteiger partial charge on any atom is 0.119 e. The molecule has 2 aliphatic heterocycles. The van der Waals surface area contributed by atoms with Gasteiger partial charge < -0.3 is 4.90 Å². The lowest BCUT2D eigenvalue weighted by Gasteiger charge is -2.59. The van der Waals surface area contributed by atoms with Gasteiger partial charge in [0.2, 0.25) is 0 Å². The quantitative estimate of drug-likeness (QED) is 0.532. The molecule has 3 heteroatoms. The Morgan fingerprint density at radius 1 is 0.893 bits per heavy atom. The molecule has 2 nitrogen and oxygen atoms in total. The monoisotopic (exact) mass is 384 g/mol. The zero-order chi connectivity index (χ0) is 19.1. The Morgan fingerprint density at radius 3 is 2.21 bits per heavy atom. The van der Waals surface area contributed by atoms with Crippen molar-refractivity contribution in [1.82, 2.24) is 4.90 Å². The Bertz CT molecular complexity index is 1050.